The van der Waals surface area contributed by atoms with Crippen molar-refractivity contribution in [3.63, 3.8) is 0 Å². The molecule has 1 unspecified atom stereocenters. The molecule has 10 nitrogen and oxygen atoms in total. The molecule has 0 saturated carbocycles. The quantitative estimate of drug-likeness (QED) is 0.442. The third kappa shape index (κ3) is 4.52. The largest absolute Gasteiger partial charge is 0.384 e. The van der Waals surface area contributed by atoms with Crippen LogP contribution in [0.15, 0.2) is 48.8 Å². The molecule has 1 amide bonds. The van der Waals surface area contributed by atoms with E-state index in [1.807, 2.05) is 10.7 Å². The lowest BCUT2D eigenvalue weighted by Crippen LogP contribution is -2.27. The van der Waals surface area contributed by atoms with Crippen molar-refractivity contribution >= 4 is 11.7 Å². The SMILES string of the molecule is Nc1ccc2c(n1)CCC2NC(=O)c1cn(Cc2ccc(Cn3cc4c(n3)CCOC4)cc2)nn1. The summed E-state index contributed by atoms with van der Waals surface area (Å²) < 4.78 is 9.15. The minimum absolute atomic E-state index is 0.0869. The number of rotatable bonds is 6. The highest BCUT2D eigenvalue weighted by Gasteiger charge is 2.26. The van der Waals surface area contributed by atoms with E-state index in [0.717, 1.165) is 48.4 Å². The maximum Gasteiger partial charge on any atom is 0.273 e. The minimum atomic E-state index is -0.242. The van der Waals surface area contributed by atoms with Gasteiger partial charge in [-0.25, -0.2) is 9.67 Å². The lowest BCUT2D eigenvalue weighted by Gasteiger charge is -2.12. The molecular weight excluding hydrogens is 444 g/mol. The van der Waals surface area contributed by atoms with Crippen LogP contribution in [0.25, 0.3) is 0 Å². The van der Waals surface area contributed by atoms with Gasteiger partial charge in [-0.3, -0.25) is 9.48 Å². The summed E-state index contributed by atoms with van der Waals surface area (Å²) in [6.45, 7) is 2.63. The Bertz CT molecular complexity index is 1350. The smallest absolute Gasteiger partial charge is 0.273 e. The Balaban J connectivity index is 1.07. The summed E-state index contributed by atoms with van der Waals surface area (Å²) in [5.41, 5.74) is 12.6. The van der Waals surface area contributed by atoms with Crippen LogP contribution in [0.2, 0.25) is 0 Å². The van der Waals surface area contributed by atoms with Gasteiger partial charge in [0.25, 0.3) is 5.91 Å². The predicted octanol–water partition coefficient (Wildman–Crippen LogP) is 2.04. The van der Waals surface area contributed by atoms with Gasteiger partial charge < -0.3 is 15.8 Å². The summed E-state index contributed by atoms with van der Waals surface area (Å²) in [5.74, 6) is 0.260. The van der Waals surface area contributed by atoms with Gasteiger partial charge in [-0.05, 0) is 35.6 Å². The molecule has 10 heteroatoms. The molecule has 35 heavy (non-hydrogen) atoms. The number of nitrogen functional groups attached to an aromatic ring is 1. The maximum absolute atomic E-state index is 12.7. The average Bonchev–Trinajstić information content (AvgIpc) is 3.58. The zero-order valence-corrected chi connectivity index (χ0v) is 19.2. The topological polar surface area (TPSA) is 126 Å². The minimum Gasteiger partial charge on any atom is -0.384 e. The molecule has 4 heterocycles. The van der Waals surface area contributed by atoms with Crippen molar-refractivity contribution in [1.29, 1.82) is 0 Å². The number of anilines is 1. The van der Waals surface area contributed by atoms with Gasteiger partial charge in [-0.1, -0.05) is 35.5 Å². The van der Waals surface area contributed by atoms with Crippen LogP contribution in [0.5, 0.6) is 0 Å². The van der Waals surface area contributed by atoms with Crippen LogP contribution in [-0.4, -0.2) is 42.3 Å². The number of ether oxygens (including phenoxy) is 1. The number of hydrogen-bond acceptors (Lipinski definition) is 7. The molecule has 0 spiro atoms. The Morgan fingerprint density at radius 1 is 1.03 bits per heavy atom. The van der Waals surface area contributed by atoms with E-state index in [0.29, 0.717) is 31.2 Å². The summed E-state index contributed by atoms with van der Waals surface area (Å²) in [6.07, 6.45) is 6.22. The van der Waals surface area contributed by atoms with Crippen molar-refractivity contribution in [3.8, 4) is 0 Å². The first-order valence-corrected chi connectivity index (χ1v) is 11.8. The second-order valence-corrected chi connectivity index (χ2v) is 9.06. The number of fused-ring (bicyclic) bond motifs is 2. The number of pyridine rings is 1. The van der Waals surface area contributed by atoms with Crippen LogP contribution < -0.4 is 11.1 Å². The van der Waals surface area contributed by atoms with Crippen molar-refractivity contribution in [2.75, 3.05) is 12.3 Å². The van der Waals surface area contributed by atoms with Crippen molar-refractivity contribution < 1.29 is 9.53 Å². The molecule has 6 rings (SSSR count). The number of carbonyl (C=O) groups excluding carboxylic acids is 1. The van der Waals surface area contributed by atoms with Crippen molar-refractivity contribution in [2.45, 2.75) is 45.0 Å². The second kappa shape index (κ2) is 8.95. The van der Waals surface area contributed by atoms with Gasteiger partial charge in [0.2, 0.25) is 0 Å². The van der Waals surface area contributed by atoms with Crippen molar-refractivity contribution in [3.05, 3.63) is 88.1 Å². The second-order valence-electron chi connectivity index (χ2n) is 9.06. The molecule has 178 valence electrons. The highest BCUT2D eigenvalue weighted by atomic mass is 16.5. The molecule has 4 aromatic rings. The van der Waals surface area contributed by atoms with E-state index in [9.17, 15) is 4.79 Å². The standard InChI is InChI=1S/C25H26N8O2/c26-24-8-5-19-21(27-24)6-7-22(19)28-25(34)23-14-33(31-29-23)12-17-3-1-16(2-4-17)11-32-13-18-15-35-10-9-20(18)30-32/h1-5,8,13-14,22H,6-7,9-12,15H2,(H2,26,27)(H,28,34). The van der Waals surface area contributed by atoms with Crippen LogP contribution >= 0.6 is 0 Å². The fourth-order valence-corrected chi connectivity index (χ4v) is 4.73. The first-order chi connectivity index (χ1) is 17.1. The van der Waals surface area contributed by atoms with Gasteiger partial charge in [0.05, 0.1) is 44.2 Å². The average molecular weight is 471 g/mol. The summed E-state index contributed by atoms with van der Waals surface area (Å²) in [5, 5.41) is 15.9. The summed E-state index contributed by atoms with van der Waals surface area (Å²) in [7, 11) is 0. The first kappa shape index (κ1) is 21.5. The Morgan fingerprint density at radius 3 is 2.63 bits per heavy atom. The number of nitrogens with two attached hydrogens (primary N) is 1. The highest BCUT2D eigenvalue weighted by Crippen LogP contribution is 2.30. The van der Waals surface area contributed by atoms with E-state index in [1.54, 1.807) is 16.9 Å². The van der Waals surface area contributed by atoms with Gasteiger partial charge >= 0.3 is 0 Å². The molecule has 1 aliphatic carbocycles. The number of hydrogen-bond donors (Lipinski definition) is 2. The zero-order valence-electron chi connectivity index (χ0n) is 19.2. The number of nitrogens with one attached hydrogen (secondary N) is 1. The number of benzene rings is 1. The van der Waals surface area contributed by atoms with Crippen LogP contribution in [-0.2, 0) is 37.3 Å². The number of aromatic nitrogens is 6. The van der Waals surface area contributed by atoms with E-state index in [-0.39, 0.29) is 11.9 Å². The van der Waals surface area contributed by atoms with Crippen LogP contribution in [0.4, 0.5) is 5.82 Å². The van der Waals surface area contributed by atoms with Gasteiger partial charge in [0.15, 0.2) is 5.69 Å². The molecule has 3 N–H and O–H groups in total. The summed E-state index contributed by atoms with van der Waals surface area (Å²) >= 11 is 0. The van der Waals surface area contributed by atoms with E-state index in [4.69, 9.17) is 10.5 Å². The number of aryl methyl sites for hydroxylation is 1. The van der Waals surface area contributed by atoms with E-state index in [1.165, 1.54) is 11.1 Å². The van der Waals surface area contributed by atoms with Gasteiger partial charge in [-0.2, -0.15) is 5.10 Å². The third-order valence-corrected chi connectivity index (χ3v) is 6.53. The molecule has 1 aromatic carbocycles. The summed E-state index contributed by atoms with van der Waals surface area (Å²) in [4.78, 5) is 17.1. The van der Waals surface area contributed by atoms with Gasteiger partial charge in [0.1, 0.15) is 5.82 Å². The van der Waals surface area contributed by atoms with E-state index in [2.05, 4.69) is 56.2 Å². The normalized spacial score (nSPS) is 16.6. The van der Waals surface area contributed by atoms with Gasteiger partial charge in [0, 0.05) is 23.9 Å². The molecule has 0 fully saturated rings. The maximum atomic E-state index is 12.7. The predicted molar refractivity (Wildman–Crippen MR) is 127 cm³/mol. The Kier molecular flexibility index (Phi) is 5.49. The van der Waals surface area contributed by atoms with Crippen LogP contribution in [0.1, 0.15) is 56.6 Å². The molecule has 0 bridgehead atoms. The van der Waals surface area contributed by atoms with Gasteiger partial charge in [-0.15, -0.1) is 5.10 Å². The van der Waals surface area contributed by atoms with Crippen molar-refractivity contribution in [2.24, 2.45) is 0 Å². The summed E-state index contributed by atoms with van der Waals surface area (Å²) in [6, 6.07) is 11.9. The fraction of sp³-hybridized carbons (Fsp3) is 0.320. The number of amides is 1. The molecule has 0 saturated heterocycles. The number of nitrogens with zero attached hydrogens (tertiary/aromatic N) is 6. The Hall–Kier alpha value is -4.05. The zero-order chi connectivity index (χ0) is 23.8. The van der Waals surface area contributed by atoms with Crippen LogP contribution in [0.3, 0.4) is 0 Å². The molecular formula is C25H26N8O2. The lowest BCUT2D eigenvalue weighted by atomic mass is 10.1. The highest BCUT2D eigenvalue weighted by molar-refractivity contribution is 5.92. The molecule has 1 atom stereocenters. The molecule has 1 aliphatic heterocycles. The Morgan fingerprint density at radius 2 is 1.83 bits per heavy atom. The number of carbonyl (C=O) groups is 1. The molecule has 2 aliphatic rings. The van der Waals surface area contributed by atoms with E-state index < -0.39 is 0 Å². The lowest BCUT2D eigenvalue weighted by molar-refractivity contribution is 0.0931. The first-order valence-electron chi connectivity index (χ1n) is 11.8. The van der Waals surface area contributed by atoms with Crippen molar-refractivity contribution in [1.82, 2.24) is 35.1 Å². The molecule has 3 aromatic heterocycles. The monoisotopic (exact) mass is 470 g/mol. The van der Waals surface area contributed by atoms with E-state index >= 15 is 0 Å². The van der Waals surface area contributed by atoms with Crippen LogP contribution in [0, 0.1) is 0 Å². The third-order valence-electron chi connectivity index (χ3n) is 6.53. The molecule has 0 radical (unpaired) electrons. The Labute approximate surface area is 202 Å². The fourth-order valence-electron chi connectivity index (χ4n) is 4.73.